The maximum atomic E-state index is 13.9. The lowest BCUT2D eigenvalue weighted by Gasteiger charge is -2.43. The first-order chi connectivity index (χ1) is 16.4. The molecule has 0 rings (SSSR count). The van der Waals surface area contributed by atoms with Crippen LogP contribution in [0.4, 0.5) is 70.2 Å². The van der Waals surface area contributed by atoms with E-state index in [0.717, 1.165) is 13.3 Å². The van der Waals surface area contributed by atoms with Gasteiger partial charge in [-0.1, -0.05) is 57.6 Å². The van der Waals surface area contributed by atoms with Crippen LogP contribution in [0, 0.1) is 0 Å². The summed E-state index contributed by atoms with van der Waals surface area (Å²) in [4.78, 5) is 0. The van der Waals surface area contributed by atoms with E-state index in [1.807, 2.05) is 6.92 Å². The molecule has 0 N–H and O–H groups in total. The Balaban J connectivity index is 6.14. The fourth-order valence-corrected chi connectivity index (χ4v) is 3.10. The second-order valence-corrected chi connectivity index (χ2v) is 8.50. The Morgan fingerprint density at radius 1 is 0.432 bits per heavy atom. The zero-order valence-electron chi connectivity index (χ0n) is 19.6. The molecule has 0 nitrogen and oxygen atoms in total. The van der Waals surface area contributed by atoms with Crippen molar-refractivity contribution in [2.24, 2.45) is 0 Å². The van der Waals surface area contributed by atoms with Gasteiger partial charge in [0, 0.05) is 12.8 Å². The molecule has 222 valence electrons. The minimum Gasteiger partial charge on any atom is -0.200 e. The maximum absolute atomic E-state index is 13.9. The van der Waals surface area contributed by atoms with Crippen LogP contribution >= 0.6 is 0 Å². The third-order valence-electron chi connectivity index (χ3n) is 5.59. The number of rotatable bonds is 17. The molecular weight excluding hydrogens is 556 g/mol. The summed E-state index contributed by atoms with van der Waals surface area (Å²) in [5.41, 5.74) is 0. The SMILES string of the molecule is C/C=C/CC(F)(F)C(F)(F)C(F)(F)C(F)(F)C(F)(F)C(F)(F)C(F)(F)C(F)(F)CCCCCCCCC. The lowest BCUT2D eigenvalue weighted by atomic mass is 9.86. The second-order valence-electron chi connectivity index (χ2n) is 8.50. The summed E-state index contributed by atoms with van der Waals surface area (Å²) in [5, 5.41) is 0. The number of halogens is 16. The Hall–Kier alpha value is -1.38. The van der Waals surface area contributed by atoms with E-state index in [4.69, 9.17) is 0 Å². The zero-order chi connectivity index (χ0) is 29.8. The predicted molar refractivity (Wildman–Crippen MR) is 102 cm³/mol. The number of hydrogen-bond donors (Lipinski definition) is 0. The van der Waals surface area contributed by atoms with Crippen molar-refractivity contribution < 1.29 is 70.2 Å². The van der Waals surface area contributed by atoms with Crippen LogP contribution in [0.1, 0.15) is 71.6 Å². The van der Waals surface area contributed by atoms with Crippen molar-refractivity contribution in [3.05, 3.63) is 12.2 Å². The molecule has 0 bridgehead atoms. The number of unbranched alkanes of at least 4 members (excludes halogenated alkanes) is 6. The van der Waals surface area contributed by atoms with Crippen molar-refractivity contribution in [1.82, 2.24) is 0 Å². The third-order valence-corrected chi connectivity index (χ3v) is 5.59. The highest BCUT2D eigenvalue weighted by Crippen LogP contribution is 2.64. The summed E-state index contributed by atoms with van der Waals surface area (Å²) in [7, 11) is 0. The fourth-order valence-electron chi connectivity index (χ4n) is 3.10. The lowest BCUT2D eigenvalue weighted by Crippen LogP contribution is -2.74. The summed E-state index contributed by atoms with van der Waals surface area (Å²) in [6, 6.07) is 0. The first-order valence-corrected chi connectivity index (χ1v) is 11.0. The Kier molecular flexibility index (Phi) is 11.3. The predicted octanol–water partition coefficient (Wildman–Crippen LogP) is 10.2. The van der Waals surface area contributed by atoms with E-state index in [1.165, 1.54) is 0 Å². The standard InChI is InChI=1S/C21H26F16/c1-3-5-7-8-9-10-11-13-15(24,25)17(28,29)19(32,33)21(36,37)20(34,35)18(30,31)16(26,27)14(22,23)12-6-4-2/h4,6H,3,5,7-13H2,1-2H3/b6-4+. The molecule has 16 heteroatoms. The van der Waals surface area contributed by atoms with E-state index in [1.54, 1.807) is 0 Å². The molecule has 0 spiro atoms. The molecule has 0 radical (unpaired) electrons. The second kappa shape index (κ2) is 11.8. The highest BCUT2D eigenvalue weighted by molar-refractivity contribution is 5.16. The Labute approximate surface area is 202 Å². The van der Waals surface area contributed by atoms with Gasteiger partial charge in [0.2, 0.25) is 0 Å². The summed E-state index contributed by atoms with van der Waals surface area (Å²) in [6.07, 6.45) is -2.94. The molecular formula is C21H26F16. The van der Waals surface area contributed by atoms with Gasteiger partial charge >= 0.3 is 47.4 Å². The van der Waals surface area contributed by atoms with Crippen LogP contribution in [-0.2, 0) is 0 Å². The van der Waals surface area contributed by atoms with Gasteiger partial charge in [0.1, 0.15) is 0 Å². The number of hydrogen-bond acceptors (Lipinski definition) is 0. The van der Waals surface area contributed by atoms with Crippen molar-refractivity contribution in [2.75, 3.05) is 0 Å². The van der Waals surface area contributed by atoms with Crippen LogP contribution in [0.3, 0.4) is 0 Å². The van der Waals surface area contributed by atoms with E-state index < -0.39 is 66.6 Å². The van der Waals surface area contributed by atoms with Gasteiger partial charge in [-0.25, -0.2) is 0 Å². The fraction of sp³-hybridized carbons (Fsp3) is 0.905. The molecule has 0 aliphatic carbocycles. The average molecular weight is 582 g/mol. The van der Waals surface area contributed by atoms with Crippen LogP contribution in [-0.4, -0.2) is 47.4 Å². The molecule has 0 saturated heterocycles. The minimum atomic E-state index is -8.36. The van der Waals surface area contributed by atoms with Crippen LogP contribution in [0.2, 0.25) is 0 Å². The summed E-state index contributed by atoms with van der Waals surface area (Å²) in [6.45, 7) is 2.68. The van der Waals surface area contributed by atoms with E-state index in [9.17, 15) is 70.2 Å². The summed E-state index contributed by atoms with van der Waals surface area (Å²) < 4.78 is 220. The van der Waals surface area contributed by atoms with Gasteiger partial charge in [-0.2, -0.15) is 70.2 Å². The van der Waals surface area contributed by atoms with Crippen LogP contribution in [0.15, 0.2) is 12.2 Å². The molecule has 0 aromatic rings. The lowest BCUT2D eigenvalue weighted by molar-refractivity contribution is -0.453. The van der Waals surface area contributed by atoms with E-state index in [2.05, 4.69) is 0 Å². The van der Waals surface area contributed by atoms with Crippen molar-refractivity contribution in [1.29, 1.82) is 0 Å². The molecule has 0 amide bonds. The van der Waals surface area contributed by atoms with Gasteiger partial charge < -0.3 is 0 Å². The quantitative estimate of drug-likeness (QED) is 0.0910. The van der Waals surface area contributed by atoms with Crippen molar-refractivity contribution in [2.45, 2.75) is 119 Å². The van der Waals surface area contributed by atoms with Gasteiger partial charge in [0.25, 0.3) is 0 Å². The van der Waals surface area contributed by atoms with E-state index >= 15 is 0 Å². The van der Waals surface area contributed by atoms with Gasteiger partial charge in [0.05, 0.1) is 0 Å². The monoisotopic (exact) mass is 582 g/mol. The largest absolute Gasteiger partial charge is 0.384 e. The highest BCUT2D eigenvalue weighted by Gasteiger charge is 2.94. The first-order valence-electron chi connectivity index (χ1n) is 11.0. The van der Waals surface area contributed by atoms with Gasteiger partial charge in [0.15, 0.2) is 0 Å². The molecule has 0 fully saturated rings. The van der Waals surface area contributed by atoms with Crippen LogP contribution in [0.25, 0.3) is 0 Å². The summed E-state index contributed by atoms with van der Waals surface area (Å²) >= 11 is 0. The number of alkyl halides is 16. The molecule has 0 aromatic heterocycles. The normalized spacial score (nSPS) is 15.6. The maximum Gasteiger partial charge on any atom is 0.384 e. The third kappa shape index (κ3) is 6.27. The molecule has 0 aliphatic heterocycles. The molecule has 0 saturated carbocycles. The first kappa shape index (κ1) is 35.6. The van der Waals surface area contributed by atoms with Crippen molar-refractivity contribution in [3.63, 3.8) is 0 Å². The Morgan fingerprint density at radius 3 is 1.14 bits per heavy atom. The highest BCUT2D eigenvalue weighted by atomic mass is 19.4. The molecule has 0 aliphatic rings. The summed E-state index contributed by atoms with van der Waals surface area (Å²) in [5.74, 6) is -60.4. The van der Waals surface area contributed by atoms with Gasteiger partial charge in [-0.3, -0.25) is 0 Å². The van der Waals surface area contributed by atoms with E-state index in [-0.39, 0.29) is 18.9 Å². The Morgan fingerprint density at radius 2 is 0.757 bits per heavy atom. The minimum absolute atomic E-state index is 0.00734. The van der Waals surface area contributed by atoms with E-state index in [0.29, 0.717) is 25.3 Å². The molecule has 0 atom stereocenters. The van der Waals surface area contributed by atoms with Crippen molar-refractivity contribution >= 4 is 0 Å². The number of allylic oxidation sites excluding steroid dienone is 2. The smallest absolute Gasteiger partial charge is 0.200 e. The zero-order valence-corrected chi connectivity index (χ0v) is 19.6. The Bertz CT molecular complexity index is 739. The topological polar surface area (TPSA) is 0 Å². The van der Waals surface area contributed by atoms with Gasteiger partial charge in [-0.05, 0) is 13.3 Å². The molecule has 0 unspecified atom stereocenters. The molecule has 0 heterocycles. The average Bonchev–Trinajstić information content (AvgIpc) is 2.76. The molecule has 0 aromatic carbocycles. The van der Waals surface area contributed by atoms with Crippen molar-refractivity contribution in [3.8, 4) is 0 Å². The molecule has 37 heavy (non-hydrogen) atoms. The van der Waals surface area contributed by atoms with Crippen LogP contribution < -0.4 is 0 Å². The van der Waals surface area contributed by atoms with Crippen LogP contribution in [0.5, 0.6) is 0 Å². The van der Waals surface area contributed by atoms with Gasteiger partial charge in [-0.15, -0.1) is 0 Å².